The van der Waals surface area contributed by atoms with Crippen molar-refractivity contribution in [3.05, 3.63) is 42.0 Å². The lowest BCUT2D eigenvalue weighted by Gasteiger charge is -2.18. The summed E-state index contributed by atoms with van der Waals surface area (Å²) in [6, 6.07) is 13.1. The van der Waals surface area contributed by atoms with Gasteiger partial charge in [0.15, 0.2) is 11.5 Å². The van der Waals surface area contributed by atoms with Crippen LogP contribution < -0.4 is 15.2 Å². The lowest BCUT2D eigenvalue weighted by molar-refractivity contribution is 0.171. The van der Waals surface area contributed by atoms with Gasteiger partial charge in [-0.1, -0.05) is 11.8 Å². The Morgan fingerprint density at radius 1 is 1.05 bits per heavy atom. The quantitative estimate of drug-likeness (QED) is 0.858. The first kappa shape index (κ1) is 12.7. The van der Waals surface area contributed by atoms with E-state index in [1.165, 1.54) is 11.8 Å². The van der Waals surface area contributed by atoms with Crippen LogP contribution in [-0.2, 0) is 0 Å². The zero-order valence-electron chi connectivity index (χ0n) is 10.6. The molecule has 0 spiro atoms. The highest BCUT2D eigenvalue weighted by molar-refractivity contribution is 7.99. The van der Waals surface area contributed by atoms with Crippen molar-refractivity contribution in [2.45, 2.75) is 9.79 Å². The number of nitrogen functional groups attached to an aromatic ring is 1. The highest BCUT2D eigenvalue weighted by Crippen LogP contribution is 2.38. The molecule has 0 aromatic heterocycles. The number of nitrogens with two attached hydrogens (primary N) is 1. The fraction of sp³-hybridized carbons (Fsp3) is 0.133. The number of benzene rings is 2. The Labute approximate surface area is 121 Å². The molecule has 0 atom stereocenters. The molecule has 0 saturated carbocycles. The summed E-state index contributed by atoms with van der Waals surface area (Å²) < 4.78 is 11.0. The van der Waals surface area contributed by atoms with Gasteiger partial charge in [-0.2, -0.15) is 5.26 Å². The van der Waals surface area contributed by atoms with Crippen molar-refractivity contribution in [2.24, 2.45) is 0 Å². The molecule has 4 nitrogen and oxygen atoms in total. The van der Waals surface area contributed by atoms with E-state index in [1.54, 1.807) is 18.2 Å². The molecule has 0 aliphatic carbocycles. The predicted octanol–water partition coefficient (Wildman–Crippen LogP) is 3.06. The van der Waals surface area contributed by atoms with Crippen LogP contribution in [0.1, 0.15) is 5.56 Å². The van der Waals surface area contributed by atoms with Crippen molar-refractivity contribution in [3.8, 4) is 17.6 Å². The number of fused-ring (bicyclic) bond motifs is 1. The normalized spacial score (nSPS) is 12.8. The Morgan fingerprint density at radius 3 is 2.65 bits per heavy atom. The van der Waals surface area contributed by atoms with E-state index in [0.29, 0.717) is 24.5 Å². The number of hydrogen-bond acceptors (Lipinski definition) is 5. The molecule has 100 valence electrons. The second-order valence-electron chi connectivity index (χ2n) is 4.27. The van der Waals surface area contributed by atoms with E-state index >= 15 is 0 Å². The van der Waals surface area contributed by atoms with Crippen molar-refractivity contribution in [2.75, 3.05) is 18.9 Å². The van der Waals surface area contributed by atoms with E-state index in [9.17, 15) is 0 Å². The van der Waals surface area contributed by atoms with Crippen LogP contribution in [0.25, 0.3) is 0 Å². The lowest BCUT2D eigenvalue weighted by Crippen LogP contribution is -2.15. The van der Waals surface area contributed by atoms with Gasteiger partial charge < -0.3 is 15.2 Å². The van der Waals surface area contributed by atoms with Gasteiger partial charge in [0, 0.05) is 15.5 Å². The Kier molecular flexibility index (Phi) is 3.40. The van der Waals surface area contributed by atoms with Gasteiger partial charge in [-0.3, -0.25) is 0 Å². The number of rotatable bonds is 2. The van der Waals surface area contributed by atoms with Crippen molar-refractivity contribution < 1.29 is 9.47 Å². The van der Waals surface area contributed by atoms with Gasteiger partial charge in [-0.05, 0) is 36.4 Å². The maximum absolute atomic E-state index is 8.94. The Bertz CT molecular complexity index is 695. The van der Waals surface area contributed by atoms with Gasteiger partial charge in [-0.25, -0.2) is 0 Å². The summed E-state index contributed by atoms with van der Waals surface area (Å²) in [6.45, 7) is 1.14. The first-order valence-corrected chi connectivity index (χ1v) is 6.95. The smallest absolute Gasteiger partial charge is 0.162 e. The SMILES string of the molecule is N#Cc1ccc(N)c(Sc2ccc3c(c2)OCCO3)c1. The highest BCUT2D eigenvalue weighted by Gasteiger charge is 2.13. The summed E-state index contributed by atoms with van der Waals surface area (Å²) in [5, 5.41) is 8.94. The van der Waals surface area contributed by atoms with Crippen molar-refractivity contribution >= 4 is 17.4 Å². The van der Waals surface area contributed by atoms with Gasteiger partial charge in [0.1, 0.15) is 13.2 Å². The molecule has 1 aliphatic heterocycles. The summed E-state index contributed by atoms with van der Waals surface area (Å²) >= 11 is 1.50. The zero-order valence-corrected chi connectivity index (χ0v) is 11.4. The monoisotopic (exact) mass is 284 g/mol. The summed E-state index contributed by atoms with van der Waals surface area (Å²) in [6.07, 6.45) is 0. The number of hydrogen-bond donors (Lipinski definition) is 1. The van der Waals surface area contributed by atoms with E-state index in [2.05, 4.69) is 6.07 Å². The number of ether oxygens (including phenoxy) is 2. The fourth-order valence-corrected chi connectivity index (χ4v) is 2.83. The van der Waals surface area contributed by atoms with E-state index < -0.39 is 0 Å². The lowest BCUT2D eigenvalue weighted by atomic mass is 10.2. The number of anilines is 1. The van der Waals surface area contributed by atoms with E-state index in [-0.39, 0.29) is 0 Å². The van der Waals surface area contributed by atoms with Gasteiger partial charge in [0.2, 0.25) is 0 Å². The molecule has 0 fully saturated rings. The third-order valence-electron chi connectivity index (χ3n) is 2.88. The zero-order chi connectivity index (χ0) is 13.9. The minimum atomic E-state index is 0.563. The van der Waals surface area contributed by atoms with Gasteiger partial charge in [0.05, 0.1) is 11.6 Å². The van der Waals surface area contributed by atoms with Crippen LogP contribution in [0.4, 0.5) is 5.69 Å². The van der Waals surface area contributed by atoms with E-state index in [0.717, 1.165) is 21.3 Å². The molecule has 2 aromatic carbocycles. The van der Waals surface area contributed by atoms with Crippen LogP contribution in [0.2, 0.25) is 0 Å². The average Bonchev–Trinajstić information content (AvgIpc) is 2.49. The second-order valence-corrected chi connectivity index (χ2v) is 5.39. The van der Waals surface area contributed by atoms with Crippen LogP contribution in [0.15, 0.2) is 46.2 Å². The second kappa shape index (κ2) is 5.35. The molecular formula is C15H12N2O2S. The van der Waals surface area contributed by atoms with Crippen LogP contribution >= 0.6 is 11.8 Å². The first-order valence-electron chi connectivity index (χ1n) is 6.13. The van der Waals surface area contributed by atoms with Gasteiger partial charge in [0.25, 0.3) is 0 Å². The number of nitrogens with zero attached hydrogens (tertiary/aromatic N) is 1. The summed E-state index contributed by atoms with van der Waals surface area (Å²) in [7, 11) is 0. The maximum Gasteiger partial charge on any atom is 0.162 e. The molecule has 20 heavy (non-hydrogen) atoms. The average molecular weight is 284 g/mol. The molecular weight excluding hydrogens is 272 g/mol. The van der Waals surface area contributed by atoms with Crippen LogP contribution in [-0.4, -0.2) is 13.2 Å². The van der Waals surface area contributed by atoms with E-state index in [4.69, 9.17) is 20.5 Å². The highest BCUT2D eigenvalue weighted by atomic mass is 32.2. The minimum absolute atomic E-state index is 0.563. The van der Waals surface area contributed by atoms with Crippen molar-refractivity contribution in [3.63, 3.8) is 0 Å². The van der Waals surface area contributed by atoms with Crippen molar-refractivity contribution in [1.82, 2.24) is 0 Å². The van der Waals surface area contributed by atoms with Crippen molar-refractivity contribution in [1.29, 1.82) is 5.26 Å². The van der Waals surface area contributed by atoms with Gasteiger partial charge in [-0.15, -0.1) is 0 Å². The molecule has 0 unspecified atom stereocenters. The van der Waals surface area contributed by atoms with Gasteiger partial charge >= 0.3 is 0 Å². The molecule has 3 rings (SSSR count). The third-order valence-corrected chi connectivity index (χ3v) is 3.95. The molecule has 0 radical (unpaired) electrons. The summed E-state index contributed by atoms with van der Waals surface area (Å²) in [5.41, 5.74) is 7.20. The standard InChI is InChI=1S/C15H12N2O2S/c16-9-10-1-3-12(17)15(7-10)20-11-2-4-13-14(8-11)19-6-5-18-13/h1-4,7-8H,5-6,17H2. The summed E-state index contributed by atoms with van der Waals surface area (Å²) in [5.74, 6) is 1.51. The molecule has 2 aromatic rings. The molecule has 0 saturated heterocycles. The fourth-order valence-electron chi connectivity index (χ4n) is 1.91. The third kappa shape index (κ3) is 2.51. The first-order chi connectivity index (χ1) is 9.76. The summed E-state index contributed by atoms with van der Waals surface area (Å²) in [4.78, 5) is 1.86. The van der Waals surface area contributed by atoms with Crippen LogP contribution in [0, 0.1) is 11.3 Å². The molecule has 5 heteroatoms. The Morgan fingerprint density at radius 2 is 1.85 bits per heavy atom. The largest absolute Gasteiger partial charge is 0.486 e. The topological polar surface area (TPSA) is 68.3 Å². The molecule has 1 aliphatic rings. The molecule has 1 heterocycles. The minimum Gasteiger partial charge on any atom is -0.486 e. The predicted molar refractivity (Wildman–Crippen MR) is 77.1 cm³/mol. The van der Waals surface area contributed by atoms with E-state index in [1.807, 2.05) is 18.2 Å². The number of nitriles is 1. The Hall–Kier alpha value is -2.32. The molecule has 0 amide bonds. The molecule has 0 bridgehead atoms. The Balaban J connectivity index is 1.90. The van der Waals surface area contributed by atoms with Crippen LogP contribution in [0.3, 0.4) is 0 Å². The molecule has 2 N–H and O–H groups in total. The van der Waals surface area contributed by atoms with Crippen LogP contribution in [0.5, 0.6) is 11.5 Å². The maximum atomic E-state index is 8.94.